The van der Waals surface area contributed by atoms with E-state index in [2.05, 4.69) is 42.2 Å². The molecule has 1 amide bonds. The zero-order valence-electron chi connectivity index (χ0n) is 15.8. The number of methoxy groups -OCH3 is 1. The van der Waals surface area contributed by atoms with E-state index in [1.807, 2.05) is 23.1 Å². The molecular weight excluding hydrogens is 324 g/mol. The third kappa shape index (κ3) is 4.37. The normalized spacial score (nSPS) is 14.4. The topological polar surface area (TPSA) is 32.8 Å². The van der Waals surface area contributed by atoms with Gasteiger partial charge >= 0.3 is 0 Å². The van der Waals surface area contributed by atoms with E-state index < -0.39 is 0 Å². The molecule has 0 N–H and O–H groups in total. The number of benzene rings is 2. The first kappa shape index (κ1) is 18.3. The van der Waals surface area contributed by atoms with Gasteiger partial charge in [0.25, 0.3) is 0 Å². The van der Waals surface area contributed by atoms with Crippen molar-refractivity contribution in [2.24, 2.45) is 0 Å². The molecule has 1 saturated heterocycles. The van der Waals surface area contributed by atoms with E-state index in [0.717, 1.165) is 50.5 Å². The van der Waals surface area contributed by atoms with Crippen molar-refractivity contribution in [2.45, 2.75) is 26.2 Å². The Morgan fingerprint density at radius 2 is 1.62 bits per heavy atom. The molecule has 1 aliphatic heterocycles. The van der Waals surface area contributed by atoms with E-state index in [9.17, 15) is 4.79 Å². The first-order chi connectivity index (χ1) is 12.7. The molecule has 0 aliphatic carbocycles. The molecule has 4 heteroatoms. The zero-order valence-corrected chi connectivity index (χ0v) is 15.8. The van der Waals surface area contributed by atoms with Crippen molar-refractivity contribution in [3.05, 3.63) is 59.7 Å². The molecule has 138 valence electrons. The number of carbonyl (C=O) groups excluding carboxylic acids is 1. The largest absolute Gasteiger partial charge is 0.495 e. The highest BCUT2D eigenvalue weighted by atomic mass is 16.5. The summed E-state index contributed by atoms with van der Waals surface area (Å²) in [6.07, 6.45) is 2.45. The van der Waals surface area contributed by atoms with Gasteiger partial charge in [-0.1, -0.05) is 43.3 Å². The van der Waals surface area contributed by atoms with Crippen LogP contribution in [-0.4, -0.2) is 44.1 Å². The molecule has 0 atom stereocenters. The number of aryl methyl sites for hydroxylation is 2. The summed E-state index contributed by atoms with van der Waals surface area (Å²) in [5.41, 5.74) is 3.69. The lowest BCUT2D eigenvalue weighted by Crippen LogP contribution is -2.48. The lowest BCUT2D eigenvalue weighted by molar-refractivity contribution is -0.131. The maximum absolute atomic E-state index is 12.5. The smallest absolute Gasteiger partial charge is 0.223 e. The minimum absolute atomic E-state index is 0.254. The Morgan fingerprint density at radius 1 is 0.962 bits per heavy atom. The molecule has 0 radical (unpaired) electrons. The highest BCUT2D eigenvalue weighted by molar-refractivity contribution is 5.77. The molecule has 2 aromatic rings. The van der Waals surface area contributed by atoms with Gasteiger partial charge in [-0.15, -0.1) is 0 Å². The summed E-state index contributed by atoms with van der Waals surface area (Å²) in [5, 5.41) is 0. The van der Waals surface area contributed by atoms with E-state index >= 15 is 0 Å². The zero-order chi connectivity index (χ0) is 18.4. The Labute approximate surface area is 156 Å². The van der Waals surface area contributed by atoms with Crippen LogP contribution in [0.5, 0.6) is 5.75 Å². The van der Waals surface area contributed by atoms with Crippen LogP contribution >= 0.6 is 0 Å². The summed E-state index contributed by atoms with van der Waals surface area (Å²) in [7, 11) is 1.70. The van der Waals surface area contributed by atoms with E-state index in [4.69, 9.17) is 4.74 Å². The van der Waals surface area contributed by atoms with Crippen molar-refractivity contribution < 1.29 is 9.53 Å². The number of para-hydroxylation sites is 2. The minimum atomic E-state index is 0.254. The molecule has 3 rings (SSSR count). The van der Waals surface area contributed by atoms with Gasteiger partial charge in [0.2, 0.25) is 5.91 Å². The number of nitrogens with zero attached hydrogens (tertiary/aromatic N) is 2. The SMILES string of the molecule is CCc1ccc(CCC(=O)N2CCN(c3ccccc3OC)CC2)cc1. The van der Waals surface area contributed by atoms with Crippen molar-refractivity contribution in [3.63, 3.8) is 0 Å². The van der Waals surface area contributed by atoms with Gasteiger partial charge in [-0.3, -0.25) is 4.79 Å². The van der Waals surface area contributed by atoms with Crippen LogP contribution in [0.15, 0.2) is 48.5 Å². The van der Waals surface area contributed by atoms with E-state index in [-0.39, 0.29) is 5.91 Å². The van der Waals surface area contributed by atoms with E-state index in [0.29, 0.717) is 6.42 Å². The summed E-state index contributed by atoms with van der Waals surface area (Å²) in [5.74, 6) is 1.15. The predicted octanol–water partition coefficient (Wildman–Crippen LogP) is 3.54. The standard InChI is InChI=1S/C22H28N2O2/c1-3-18-8-10-19(11-9-18)12-13-22(25)24-16-14-23(15-17-24)20-6-4-5-7-21(20)26-2/h4-11H,3,12-17H2,1-2H3. The second-order valence-corrected chi connectivity index (χ2v) is 6.71. The van der Waals surface area contributed by atoms with E-state index in [1.165, 1.54) is 11.1 Å². The maximum atomic E-state index is 12.5. The molecule has 1 aliphatic rings. The molecule has 0 saturated carbocycles. The Morgan fingerprint density at radius 3 is 2.27 bits per heavy atom. The maximum Gasteiger partial charge on any atom is 0.223 e. The quantitative estimate of drug-likeness (QED) is 0.797. The fourth-order valence-corrected chi connectivity index (χ4v) is 3.44. The van der Waals surface area contributed by atoms with Crippen molar-refractivity contribution in [1.29, 1.82) is 0 Å². The van der Waals surface area contributed by atoms with Gasteiger partial charge in [-0.2, -0.15) is 0 Å². The number of rotatable bonds is 6. The summed E-state index contributed by atoms with van der Waals surface area (Å²) in [6, 6.07) is 16.7. The van der Waals surface area contributed by atoms with Crippen molar-refractivity contribution >= 4 is 11.6 Å². The van der Waals surface area contributed by atoms with Crippen LogP contribution < -0.4 is 9.64 Å². The molecule has 2 aromatic carbocycles. The molecular formula is C22H28N2O2. The Kier molecular flexibility index (Phi) is 6.16. The van der Waals surface area contributed by atoms with Gasteiger partial charge in [0.05, 0.1) is 12.8 Å². The van der Waals surface area contributed by atoms with E-state index in [1.54, 1.807) is 7.11 Å². The van der Waals surface area contributed by atoms with Gasteiger partial charge in [0, 0.05) is 32.6 Å². The number of hydrogen-bond acceptors (Lipinski definition) is 3. The van der Waals surface area contributed by atoms with Crippen LogP contribution in [0, 0.1) is 0 Å². The van der Waals surface area contributed by atoms with Crippen LogP contribution in [0.2, 0.25) is 0 Å². The average molecular weight is 352 g/mol. The fourth-order valence-electron chi connectivity index (χ4n) is 3.44. The lowest BCUT2D eigenvalue weighted by Gasteiger charge is -2.36. The van der Waals surface area contributed by atoms with Crippen molar-refractivity contribution in [3.8, 4) is 5.75 Å². The van der Waals surface area contributed by atoms with Gasteiger partial charge in [-0.25, -0.2) is 0 Å². The summed E-state index contributed by atoms with van der Waals surface area (Å²) >= 11 is 0. The minimum Gasteiger partial charge on any atom is -0.495 e. The number of anilines is 1. The van der Waals surface area contributed by atoms with Crippen LogP contribution in [0.25, 0.3) is 0 Å². The number of amides is 1. The van der Waals surface area contributed by atoms with Gasteiger partial charge < -0.3 is 14.5 Å². The van der Waals surface area contributed by atoms with Crippen LogP contribution in [0.1, 0.15) is 24.5 Å². The molecule has 4 nitrogen and oxygen atoms in total. The highest BCUT2D eigenvalue weighted by Crippen LogP contribution is 2.28. The lowest BCUT2D eigenvalue weighted by atomic mass is 10.1. The van der Waals surface area contributed by atoms with Crippen LogP contribution in [0.3, 0.4) is 0 Å². The second kappa shape index (κ2) is 8.75. The molecule has 0 unspecified atom stereocenters. The van der Waals surface area contributed by atoms with Crippen LogP contribution in [-0.2, 0) is 17.6 Å². The molecule has 0 bridgehead atoms. The number of piperazine rings is 1. The monoisotopic (exact) mass is 352 g/mol. The summed E-state index contributed by atoms with van der Waals surface area (Å²) in [4.78, 5) is 16.8. The summed E-state index contributed by atoms with van der Waals surface area (Å²) in [6.45, 7) is 5.38. The first-order valence-electron chi connectivity index (χ1n) is 9.45. The molecule has 26 heavy (non-hydrogen) atoms. The predicted molar refractivity (Wildman–Crippen MR) is 106 cm³/mol. The number of hydrogen-bond donors (Lipinski definition) is 0. The average Bonchev–Trinajstić information content (AvgIpc) is 2.72. The molecule has 1 fully saturated rings. The Bertz CT molecular complexity index is 719. The highest BCUT2D eigenvalue weighted by Gasteiger charge is 2.22. The van der Waals surface area contributed by atoms with Gasteiger partial charge in [0.1, 0.15) is 5.75 Å². The second-order valence-electron chi connectivity index (χ2n) is 6.71. The Hall–Kier alpha value is -2.49. The van der Waals surface area contributed by atoms with Gasteiger partial charge in [-0.05, 0) is 36.1 Å². The third-order valence-electron chi connectivity index (χ3n) is 5.12. The summed E-state index contributed by atoms with van der Waals surface area (Å²) < 4.78 is 5.45. The van der Waals surface area contributed by atoms with Crippen molar-refractivity contribution in [2.75, 3.05) is 38.2 Å². The fraction of sp³-hybridized carbons (Fsp3) is 0.409. The Balaban J connectivity index is 1.50. The van der Waals surface area contributed by atoms with Crippen LogP contribution in [0.4, 0.5) is 5.69 Å². The molecule has 1 heterocycles. The molecule has 0 spiro atoms. The number of ether oxygens (including phenoxy) is 1. The molecule has 0 aromatic heterocycles. The van der Waals surface area contributed by atoms with Gasteiger partial charge in [0.15, 0.2) is 0 Å². The first-order valence-corrected chi connectivity index (χ1v) is 9.45. The van der Waals surface area contributed by atoms with Crippen molar-refractivity contribution in [1.82, 2.24) is 4.90 Å². The number of carbonyl (C=O) groups is 1. The third-order valence-corrected chi connectivity index (χ3v) is 5.12.